The van der Waals surface area contributed by atoms with Crippen LogP contribution in [-0.4, -0.2) is 35.6 Å². The topological polar surface area (TPSA) is 40.5 Å². The molecule has 1 aromatic rings. The van der Waals surface area contributed by atoms with Gasteiger partial charge in [-0.2, -0.15) is 13.2 Å². The van der Waals surface area contributed by atoms with E-state index in [0.29, 0.717) is 18.2 Å². The molecule has 0 atom stereocenters. The summed E-state index contributed by atoms with van der Waals surface area (Å²) < 4.78 is 51.0. The third-order valence-electron chi connectivity index (χ3n) is 2.56. The van der Waals surface area contributed by atoms with E-state index < -0.39 is 29.0 Å². The number of benzene rings is 1. The third-order valence-corrected chi connectivity index (χ3v) is 2.56. The van der Waals surface area contributed by atoms with Gasteiger partial charge in [-0.15, -0.1) is 0 Å². The van der Waals surface area contributed by atoms with Crippen LogP contribution in [0, 0.1) is 5.82 Å². The van der Waals surface area contributed by atoms with E-state index in [1.54, 1.807) is 6.92 Å². The number of hydrogen-bond donors (Lipinski definition) is 1. The van der Waals surface area contributed by atoms with E-state index >= 15 is 0 Å². The molecule has 0 heterocycles. The molecule has 7 heteroatoms. The number of carbonyl (C=O) groups is 1. The second-order valence-corrected chi connectivity index (χ2v) is 3.80. The Bertz CT molecular complexity index is 460. The average molecular weight is 279 g/mol. The summed E-state index contributed by atoms with van der Waals surface area (Å²) in [4.78, 5) is 12.9. The molecule has 1 amide bonds. The van der Waals surface area contributed by atoms with Gasteiger partial charge in [0.2, 0.25) is 0 Å². The first-order valence-corrected chi connectivity index (χ1v) is 5.58. The van der Waals surface area contributed by atoms with E-state index in [0.717, 1.165) is 4.90 Å². The molecular formula is C12H13F4NO2. The third kappa shape index (κ3) is 3.66. The van der Waals surface area contributed by atoms with Crippen molar-refractivity contribution in [2.45, 2.75) is 13.1 Å². The zero-order valence-corrected chi connectivity index (χ0v) is 10.2. The SMILES string of the molecule is CCN(CCO)C(=O)c1cc(C(F)(F)F)ccc1F. The number of carbonyl (C=O) groups excluding carboxylic acids is 1. The van der Waals surface area contributed by atoms with Gasteiger partial charge in [-0.25, -0.2) is 4.39 Å². The highest BCUT2D eigenvalue weighted by Crippen LogP contribution is 2.30. The maximum absolute atomic E-state index is 13.5. The standard InChI is InChI=1S/C12H13F4NO2/c1-2-17(5-6-18)11(19)9-7-8(12(14,15)16)3-4-10(9)13/h3-4,7,18H,2,5-6H2,1H3. The summed E-state index contributed by atoms with van der Waals surface area (Å²) in [6.07, 6.45) is -4.64. The lowest BCUT2D eigenvalue weighted by atomic mass is 10.1. The van der Waals surface area contributed by atoms with Gasteiger partial charge >= 0.3 is 6.18 Å². The molecule has 0 aromatic heterocycles. The van der Waals surface area contributed by atoms with Crippen molar-refractivity contribution in [3.05, 3.63) is 35.1 Å². The van der Waals surface area contributed by atoms with E-state index in [-0.39, 0.29) is 19.7 Å². The van der Waals surface area contributed by atoms with Crippen LogP contribution in [-0.2, 0) is 6.18 Å². The van der Waals surface area contributed by atoms with Gasteiger partial charge < -0.3 is 10.0 Å². The van der Waals surface area contributed by atoms with Crippen molar-refractivity contribution in [1.29, 1.82) is 0 Å². The Kier molecular flexibility index (Phi) is 4.88. The van der Waals surface area contributed by atoms with Crippen LogP contribution in [0.1, 0.15) is 22.8 Å². The van der Waals surface area contributed by atoms with Gasteiger partial charge in [-0.3, -0.25) is 4.79 Å². The minimum Gasteiger partial charge on any atom is -0.395 e. The van der Waals surface area contributed by atoms with Crippen LogP contribution >= 0.6 is 0 Å². The van der Waals surface area contributed by atoms with Crippen LogP contribution in [0.5, 0.6) is 0 Å². The number of hydrogen-bond acceptors (Lipinski definition) is 2. The number of likely N-dealkylation sites (N-methyl/N-ethyl adjacent to an activating group) is 1. The summed E-state index contributed by atoms with van der Waals surface area (Å²) in [5.41, 5.74) is -1.73. The minimum atomic E-state index is -4.64. The maximum atomic E-state index is 13.5. The van der Waals surface area contributed by atoms with Crippen molar-refractivity contribution in [1.82, 2.24) is 4.90 Å². The molecule has 0 bridgehead atoms. The molecular weight excluding hydrogens is 266 g/mol. The lowest BCUT2D eigenvalue weighted by Gasteiger charge is -2.20. The number of rotatable bonds is 4. The van der Waals surface area contributed by atoms with Gasteiger partial charge in [0.05, 0.1) is 17.7 Å². The van der Waals surface area contributed by atoms with Gasteiger partial charge in [0.1, 0.15) is 5.82 Å². The van der Waals surface area contributed by atoms with Gasteiger partial charge in [-0.1, -0.05) is 0 Å². The number of halogens is 4. The number of aliphatic hydroxyl groups excluding tert-OH is 1. The second-order valence-electron chi connectivity index (χ2n) is 3.80. The second kappa shape index (κ2) is 6.01. The smallest absolute Gasteiger partial charge is 0.395 e. The van der Waals surface area contributed by atoms with Gasteiger partial charge in [-0.05, 0) is 25.1 Å². The van der Waals surface area contributed by atoms with Gasteiger partial charge in [0, 0.05) is 13.1 Å². The molecule has 19 heavy (non-hydrogen) atoms. The largest absolute Gasteiger partial charge is 0.416 e. The summed E-state index contributed by atoms with van der Waals surface area (Å²) in [6, 6.07) is 1.68. The molecule has 1 N–H and O–H groups in total. The Labute approximate surface area is 107 Å². The first kappa shape index (κ1) is 15.4. The maximum Gasteiger partial charge on any atom is 0.416 e. The van der Waals surface area contributed by atoms with Crippen molar-refractivity contribution in [3.8, 4) is 0 Å². The fourth-order valence-electron chi connectivity index (χ4n) is 1.56. The molecule has 0 aliphatic carbocycles. The molecule has 0 aliphatic heterocycles. The average Bonchev–Trinajstić information content (AvgIpc) is 2.34. The highest BCUT2D eigenvalue weighted by atomic mass is 19.4. The van der Waals surface area contributed by atoms with Crippen LogP contribution in [0.2, 0.25) is 0 Å². The number of alkyl halides is 3. The Morgan fingerprint density at radius 2 is 2.00 bits per heavy atom. The van der Waals surface area contributed by atoms with Crippen LogP contribution in [0.4, 0.5) is 17.6 Å². The Morgan fingerprint density at radius 1 is 1.37 bits per heavy atom. The number of aliphatic hydroxyl groups is 1. The van der Waals surface area contributed by atoms with Gasteiger partial charge in [0.25, 0.3) is 5.91 Å². The molecule has 1 rings (SSSR count). The summed E-state index contributed by atoms with van der Waals surface area (Å²) in [5, 5.41) is 8.75. The molecule has 106 valence electrons. The van der Waals surface area contributed by atoms with Crippen molar-refractivity contribution in [2.75, 3.05) is 19.7 Å². The van der Waals surface area contributed by atoms with E-state index in [1.807, 2.05) is 0 Å². The lowest BCUT2D eigenvalue weighted by molar-refractivity contribution is -0.137. The van der Waals surface area contributed by atoms with Crippen molar-refractivity contribution in [2.24, 2.45) is 0 Å². The molecule has 0 fully saturated rings. The van der Waals surface area contributed by atoms with Gasteiger partial charge in [0.15, 0.2) is 0 Å². The Hall–Kier alpha value is -1.63. The molecule has 1 aromatic carbocycles. The highest BCUT2D eigenvalue weighted by Gasteiger charge is 2.32. The van der Waals surface area contributed by atoms with E-state index in [4.69, 9.17) is 5.11 Å². The van der Waals surface area contributed by atoms with Crippen LogP contribution in [0.3, 0.4) is 0 Å². The van der Waals surface area contributed by atoms with E-state index in [2.05, 4.69) is 0 Å². The van der Waals surface area contributed by atoms with Crippen molar-refractivity contribution in [3.63, 3.8) is 0 Å². The quantitative estimate of drug-likeness (QED) is 0.859. The number of nitrogens with zero attached hydrogens (tertiary/aromatic N) is 1. The minimum absolute atomic E-state index is 0.0645. The molecule has 3 nitrogen and oxygen atoms in total. The van der Waals surface area contributed by atoms with Crippen molar-refractivity contribution < 1.29 is 27.5 Å². The lowest BCUT2D eigenvalue weighted by Crippen LogP contribution is -2.34. The summed E-state index contributed by atoms with van der Waals surface area (Å²) in [7, 11) is 0. The molecule has 0 radical (unpaired) electrons. The summed E-state index contributed by atoms with van der Waals surface area (Å²) in [5.74, 6) is -1.89. The molecule has 0 aliphatic rings. The summed E-state index contributed by atoms with van der Waals surface area (Å²) in [6.45, 7) is 1.33. The van der Waals surface area contributed by atoms with Crippen molar-refractivity contribution >= 4 is 5.91 Å². The fraction of sp³-hybridized carbons (Fsp3) is 0.417. The highest BCUT2D eigenvalue weighted by molar-refractivity contribution is 5.94. The predicted octanol–water partition coefficient (Wildman–Crippen LogP) is 2.30. The molecule has 0 saturated carbocycles. The molecule has 0 saturated heterocycles. The molecule has 0 spiro atoms. The molecule has 0 unspecified atom stereocenters. The predicted molar refractivity (Wildman–Crippen MR) is 60.1 cm³/mol. The van der Waals surface area contributed by atoms with Crippen LogP contribution < -0.4 is 0 Å². The first-order chi connectivity index (χ1) is 8.81. The van der Waals surface area contributed by atoms with Crippen LogP contribution in [0.25, 0.3) is 0 Å². The Morgan fingerprint density at radius 3 is 2.47 bits per heavy atom. The zero-order valence-electron chi connectivity index (χ0n) is 10.2. The first-order valence-electron chi connectivity index (χ1n) is 5.58. The van der Waals surface area contributed by atoms with E-state index in [1.165, 1.54) is 0 Å². The van der Waals surface area contributed by atoms with E-state index in [9.17, 15) is 22.4 Å². The monoisotopic (exact) mass is 279 g/mol. The Balaban J connectivity index is 3.15. The summed E-state index contributed by atoms with van der Waals surface area (Å²) >= 11 is 0. The fourth-order valence-corrected chi connectivity index (χ4v) is 1.56. The normalized spacial score (nSPS) is 11.5. The van der Waals surface area contributed by atoms with Crippen LogP contribution in [0.15, 0.2) is 18.2 Å². The zero-order chi connectivity index (χ0) is 14.6. The number of amides is 1.